The normalized spacial score (nSPS) is 12.2. The third-order valence-electron chi connectivity index (χ3n) is 10.5. The van der Waals surface area contributed by atoms with Gasteiger partial charge in [0.2, 0.25) is 0 Å². The van der Waals surface area contributed by atoms with Crippen molar-refractivity contribution in [2.45, 2.75) is 226 Å². The van der Waals surface area contributed by atoms with Crippen LogP contribution in [0.4, 0.5) is 0 Å². The van der Waals surface area contributed by atoms with Gasteiger partial charge < -0.3 is 19.5 Å². The number of carbonyl (C=O) groups excluding carboxylic acids is 2. The Bertz CT molecular complexity index is 737. The van der Waals surface area contributed by atoms with E-state index in [0.717, 1.165) is 102 Å². The number of unbranched alkanes of at least 4 members (excludes halogenated alkanes) is 21. The number of carbonyl (C=O) groups is 2. The molecule has 0 saturated heterocycles. The molecule has 0 amide bonds. The van der Waals surface area contributed by atoms with Crippen LogP contribution in [0.3, 0.4) is 0 Å². The maximum atomic E-state index is 12.7. The molecule has 1 unspecified atom stereocenters. The van der Waals surface area contributed by atoms with E-state index in [1.165, 1.54) is 116 Å². The molecule has 0 fully saturated rings. The molecule has 0 aromatic carbocycles. The Hall–Kier alpha value is -0.790. The van der Waals surface area contributed by atoms with Crippen molar-refractivity contribution in [1.82, 2.24) is 4.90 Å². The number of hydrogen-bond donors (Lipinski definition) is 1. The van der Waals surface area contributed by atoms with Gasteiger partial charge in [0.05, 0.1) is 19.1 Å². The zero-order chi connectivity index (χ0) is 38.2. The summed E-state index contributed by atoms with van der Waals surface area (Å²) in [6.07, 6.45) is 35.1. The molecule has 0 aliphatic heterocycles. The van der Waals surface area contributed by atoms with E-state index in [0.29, 0.717) is 13.0 Å². The van der Waals surface area contributed by atoms with Crippen LogP contribution in [-0.4, -0.2) is 72.4 Å². The molecule has 0 aromatic rings. The fraction of sp³-hybridized carbons (Fsp3) is 0.956. The van der Waals surface area contributed by atoms with Gasteiger partial charge in [-0.2, -0.15) is 11.8 Å². The van der Waals surface area contributed by atoms with Crippen LogP contribution in [0.25, 0.3) is 0 Å². The van der Waals surface area contributed by atoms with Gasteiger partial charge in [0, 0.05) is 18.7 Å². The van der Waals surface area contributed by atoms with E-state index in [2.05, 4.69) is 32.6 Å². The largest absolute Gasteiger partial charge is 0.465 e. The second-order valence-corrected chi connectivity index (χ2v) is 16.6. The molecule has 6 nitrogen and oxygen atoms in total. The Morgan fingerprint density at radius 3 is 1.60 bits per heavy atom. The molecule has 0 radical (unpaired) electrons. The number of esters is 2. The summed E-state index contributed by atoms with van der Waals surface area (Å²) in [7, 11) is 0. The third kappa shape index (κ3) is 34.9. The van der Waals surface area contributed by atoms with Gasteiger partial charge in [0.15, 0.2) is 0 Å². The number of ether oxygens (including phenoxy) is 2. The van der Waals surface area contributed by atoms with Crippen LogP contribution in [0, 0.1) is 5.92 Å². The molecule has 0 spiro atoms. The number of hydrogen-bond acceptors (Lipinski definition) is 7. The quantitative estimate of drug-likeness (QED) is 0.0491. The molecule has 1 N–H and O–H groups in total. The van der Waals surface area contributed by atoms with E-state index in [-0.39, 0.29) is 30.6 Å². The van der Waals surface area contributed by atoms with Crippen molar-refractivity contribution in [3.8, 4) is 0 Å². The van der Waals surface area contributed by atoms with E-state index < -0.39 is 0 Å². The summed E-state index contributed by atoms with van der Waals surface area (Å²) in [5.41, 5.74) is 0. The molecule has 0 bridgehead atoms. The van der Waals surface area contributed by atoms with Gasteiger partial charge in [0.1, 0.15) is 6.10 Å². The van der Waals surface area contributed by atoms with Gasteiger partial charge in [-0.15, -0.1) is 0 Å². The van der Waals surface area contributed by atoms with Crippen molar-refractivity contribution in [3.05, 3.63) is 0 Å². The SMILES string of the molecule is CCCCCCCCC(CCCCCCCC)OC(=O)CCCCCCCN(CCO)CCCCCCCOC(=O)C(CC)CSCCCCCC. The fourth-order valence-corrected chi connectivity index (χ4v) is 8.12. The molecule has 0 rings (SSSR count). The molecule has 0 aliphatic carbocycles. The molecule has 1 atom stereocenters. The zero-order valence-electron chi connectivity index (χ0n) is 35.3. The Morgan fingerprint density at radius 1 is 0.577 bits per heavy atom. The van der Waals surface area contributed by atoms with Gasteiger partial charge in [-0.1, -0.05) is 150 Å². The first-order chi connectivity index (χ1) is 25.5. The van der Waals surface area contributed by atoms with Crippen molar-refractivity contribution in [2.75, 3.05) is 44.4 Å². The Balaban J connectivity index is 4.03. The fourth-order valence-electron chi connectivity index (χ4n) is 6.89. The van der Waals surface area contributed by atoms with Gasteiger partial charge >= 0.3 is 11.9 Å². The highest BCUT2D eigenvalue weighted by atomic mass is 32.2. The van der Waals surface area contributed by atoms with Crippen molar-refractivity contribution in [1.29, 1.82) is 0 Å². The maximum absolute atomic E-state index is 12.7. The third-order valence-corrected chi connectivity index (χ3v) is 11.7. The van der Waals surface area contributed by atoms with Crippen LogP contribution in [0.2, 0.25) is 0 Å². The van der Waals surface area contributed by atoms with Crippen LogP contribution in [0.15, 0.2) is 0 Å². The predicted molar refractivity (Wildman–Crippen MR) is 226 cm³/mol. The van der Waals surface area contributed by atoms with Crippen LogP contribution < -0.4 is 0 Å². The number of aliphatic hydroxyl groups excluding tert-OH is 1. The molecule has 0 aromatic heterocycles. The van der Waals surface area contributed by atoms with Gasteiger partial charge in [-0.25, -0.2) is 0 Å². The molecule has 0 heterocycles. The number of aliphatic hydroxyl groups is 1. The van der Waals surface area contributed by atoms with E-state index in [1.54, 1.807) is 0 Å². The van der Waals surface area contributed by atoms with Crippen LogP contribution >= 0.6 is 11.8 Å². The van der Waals surface area contributed by atoms with Gasteiger partial charge in [-0.05, 0) is 83.1 Å². The molecular formula is C45H89NO5S. The lowest BCUT2D eigenvalue weighted by molar-refractivity contribution is -0.150. The van der Waals surface area contributed by atoms with E-state index in [1.807, 2.05) is 11.8 Å². The standard InChI is InChI=1S/C45H89NO5S/c1-5-9-12-15-19-25-32-43(33-26-20-16-13-10-6-2)51-44(48)34-27-21-17-22-28-35-46(37-38-47)36-29-23-18-24-30-39-50-45(49)42(8-4)41-52-40-31-14-11-7-3/h42-43,47H,5-41H2,1-4H3. The summed E-state index contributed by atoms with van der Waals surface area (Å²) in [4.78, 5) is 27.6. The molecule has 52 heavy (non-hydrogen) atoms. The smallest absolute Gasteiger partial charge is 0.309 e. The number of thioether (sulfide) groups is 1. The first kappa shape index (κ1) is 51.2. The average molecular weight is 756 g/mol. The summed E-state index contributed by atoms with van der Waals surface area (Å²) in [5.74, 6) is 2.08. The van der Waals surface area contributed by atoms with E-state index >= 15 is 0 Å². The lowest BCUT2D eigenvalue weighted by Gasteiger charge is -2.21. The lowest BCUT2D eigenvalue weighted by Crippen LogP contribution is -2.29. The van der Waals surface area contributed by atoms with E-state index in [4.69, 9.17) is 9.47 Å². The van der Waals surface area contributed by atoms with Crippen LogP contribution in [0.1, 0.15) is 220 Å². The van der Waals surface area contributed by atoms with Gasteiger partial charge in [-0.3, -0.25) is 9.59 Å². The van der Waals surface area contributed by atoms with Crippen molar-refractivity contribution < 1.29 is 24.2 Å². The highest BCUT2D eigenvalue weighted by Gasteiger charge is 2.18. The molecule has 7 heteroatoms. The monoisotopic (exact) mass is 756 g/mol. The Labute approximate surface area is 328 Å². The number of nitrogens with zero attached hydrogens (tertiary/aromatic N) is 1. The summed E-state index contributed by atoms with van der Waals surface area (Å²) in [5, 5.41) is 9.57. The van der Waals surface area contributed by atoms with Gasteiger partial charge in [0.25, 0.3) is 0 Å². The Morgan fingerprint density at radius 2 is 1.06 bits per heavy atom. The lowest BCUT2D eigenvalue weighted by atomic mass is 10.0. The summed E-state index contributed by atoms with van der Waals surface area (Å²) in [6, 6.07) is 0. The predicted octanol–water partition coefficient (Wildman–Crippen LogP) is 12.9. The minimum absolute atomic E-state index is 0.00739. The summed E-state index contributed by atoms with van der Waals surface area (Å²) in [6.45, 7) is 12.4. The molecule has 0 saturated carbocycles. The topological polar surface area (TPSA) is 76.1 Å². The highest BCUT2D eigenvalue weighted by Crippen LogP contribution is 2.19. The van der Waals surface area contributed by atoms with Crippen LogP contribution in [0.5, 0.6) is 0 Å². The minimum atomic E-state index is -0.00739. The second kappa shape index (κ2) is 41.4. The Kier molecular flexibility index (Phi) is 40.7. The second-order valence-electron chi connectivity index (χ2n) is 15.5. The van der Waals surface area contributed by atoms with E-state index in [9.17, 15) is 14.7 Å². The maximum Gasteiger partial charge on any atom is 0.309 e. The van der Waals surface area contributed by atoms with Crippen molar-refractivity contribution in [3.63, 3.8) is 0 Å². The minimum Gasteiger partial charge on any atom is -0.465 e. The molecule has 310 valence electrons. The summed E-state index contributed by atoms with van der Waals surface area (Å²) < 4.78 is 11.6. The van der Waals surface area contributed by atoms with Crippen molar-refractivity contribution >= 4 is 23.7 Å². The summed E-state index contributed by atoms with van der Waals surface area (Å²) >= 11 is 1.91. The average Bonchev–Trinajstić information content (AvgIpc) is 3.14. The number of rotatable bonds is 42. The zero-order valence-corrected chi connectivity index (χ0v) is 36.1. The first-order valence-corrected chi connectivity index (χ1v) is 23.9. The van der Waals surface area contributed by atoms with Crippen LogP contribution in [-0.2, 0) is 19.1 Å². The van der Waals surface area contributed by atoms with Crippen molar-refractivity contribution in [2.24, 2.45) is 5.92 Å². The molecular weight excluding hydrogens is 667 g/mol. The molecule has 0 aliphatic rings. The first-order valence-electron chi connectivity index (χ1n) is 22.8. The highest BCUT2D eigenvalue weighted by molar-refractivity contribution is 7.99.